The van der Waals surface area contributed by atoms with Crippen molar-refractivity contribution in [2.24, 2.45) is 39.9 Å². The minimum atomic E-state index is -0.154. The first-order chi connectivity index (χ1) is 9.89. The lowest BCUT2D eigenvalue weighted by molar-refractivity contribution is -0.134. The first kappa shape index (κ1) is 14.0. The lowest BCUT2D eigenvalue weighted by atomic mass is 9.52. The van der Waals surface area contributed by atoms with Crippen LogP contribution in [-0.2, 0) is 4.79 Å². The summed E-state index contributed by atoms with van der Waals surface area (Å²) in [6.45, 7) is 7.35. The molecule has 4 rings (SSSR count). The van der Waals surface area contributed by atoms with E-state index < -0.39 is 0 Å². The molecular formula is C19H28O2. The van der Waals surface area contributed by atoms with Gasteiger partial charge in [-0.25, -0.2) is 0 Å². The standard InChI is InChI=1S/C19H28O2/c1-12-4-5-15(21)18(3)9-7-14-16-13(10-20)6-8-17(16,2)11-19(12,14)18/h4-5,12-14,16,20H,6-11H2,1-3H3/t12-,13+,14-,16-,17+,18-,19-/m1/s1. The number of ketones is 1. The van der Waals surface area contributed by atoms with Gasteiger partial charge in [0.1, 0.15) is 0 Å². The smallest absolute Gasteiger partial charge is 0.161 e. The third kappa shape index (κ3) is 1.37. The summed E-state index contributed by atoms with van der Waals surface area (Å²) in [4.78, 5) is 12.7. The zero-order valence-electron chi connectivity index (χ0n) is 13.6. The van der Waals surface area contributed by atoms with Crippen molar-refractivity contribution in [1.82, 2.24) is 0 Å². The first-order valence-electron chi connectivity index (χ1n) is 8.72. The van der Waals surface area contributed by atoms with Crippen molar-refractivity contribution in [3.8, 4) is 0 Å². The predicted molar refractivity (Wildman–Crippen MR) is 82.6 cm³/mol. The first-order valence-corrected chi connectivity index (χ1v) is 8.72. The summed E-state index contributed by atoms with van der Waals surface area (Å²) in [7, 11) is 0. The average molecular weight is 288 g/mol. The maximum Gasteiger partial charge on any atom is 0.161 e. The molecule has 0 unspecified atom stereocenters. The molecule has 0 amide bonds. The summed E-state index contributed by atoms with van der Waals surface area (Å²) in [5, 5.41) is 9.84. The quantitative estimate of drug-likeness (QED) is 0.800. The highest BCUT2D eigenvalue weighted by atomic mass is 16.3. The Kier molecular flexibility index (Phi) is 2.67. The van der Waals surface area contributed by atoms with E-state index in [0.29, 0.717) is 41.5 Å². The predicted octanol–water partition coefficient (Wildman–Crippen LogP) is 3.59. The highest BCUT2D eigenvalue weighted by Crippen LogP contribution is 2.77. The molecule has 0 aromatic rings. The van der Waals surface area contributed by atoms with E-state index in [1.807, 2.05) is 6.08 Å². The third-order valence-corrected chi connectivity index (χ3v) is 8.30. The Labute approximate surface area is 128 Å². The molecule has 7 atom stereocenters. The van der Waals surface area contributed by atoms with E-state index in [0.717, 1.165) is 6.42 Å². The zero-order valence-corrected chi connectivity index (χ0v) is 13.6. The van der Waals surface area contributed by atoms with Gasteiger partial charge in [0.2, 0.25) is 0 Å². The average Bonchev–Trinajstić information content (AvgIpc) is 3.00. The second-order valence-corrected chi connectivity index (χ2v) is 8.87. The van der Waals surface area contributed by atoms with Gasteiger partial charge in [0, 0.05) is 12.0 Å². The van der Waals surface area contributed by atoms with E-state index in [9.17, 15) is 9.90 Å². The van der Waals surface area contributed by atoms with Crippen LogP contribution < -0.4 is 0 Å². The Balaban J connectivity index is 1.86. The number of carbonyl (C=O) groups excluding carboxylic acids is 1. The molecule has 116 valence electrons. The fourth-order valence-corrected chi connectivity index (χ4v) is 7.43. The van der Waals surface area contributed by atoms with Crippen molar-refractivity contribution in [3.05, 3.63) is 12.2 Å². The fraction of sp³-hybridized carbons (Fsp3) is 0.842. The second-order valence-electron chi connectivity index (χ2n) is 8.87. The number of hydrogen-bond donors (Lipinski definition) is 1. The molecule has 0 heterocycles. The van der Waals surface area contributed by atoms with Crippen molar-refractivity contribution < 1.29 is 9.90 Å². The van der Waals surface area contributed by atoms with Crippen LogP contribution in [0.25, 0.3) is 0 Å². The van der Waals surface area contributed by atoms with E-state index in [2.05, 4.69) is 26.8 Å². The van der Waals surface area contributed by atoms with Crippen molar-refractivity contribution in [1.29, 1.82) is 0 Å². The van der Waals surface area contributed by atoms with E-state index in [-0.39, 0.29) is 10.8 Å². The van der Waals surface area contributed by atoms with Crippen LogP contribution in [0.1, 0.15) is 52.9 Å². The topological polar surface area (TPSA) is 37.3 Å². The minimum absolute atomic E-state index is 0.154. The third-order valence-electron chi connectivity index (χ3n) is 8.30. The molecule has 4 aliphatic rings. The molecule has 2 nitrogen and oxygen atoms in total. The summed E-state index contributed by atoms with van der Waals surface area (Å²) >= 11 is 0. The molecule has 21 heavy (non-hydrogen) atoms. The van der Waals surface area contributed by atoms with Crippen LogP contribution in [0.2, 0.25) is 0 Å². The number of aliphatic hydroxyl groups is 1. The molecule has 0 aromatic heterocycles. The maximum absolute atomic E-state index is 12.7. The summed E-state index contributed by atoms with van der Waals surface area (Å²) in [5.74, 6) is 2.60. The van der Waals surface area contributed by atoms with Crippen LogP contribution in [0, 0.1) is 39.9 Å². The molecule has 4 aliphatic carbocycles. The van der Waals surface area contributed by atoms with Crippen LogP contribution in [-0.4, -0.2) is 17.5 Å². The number of allylic oxidation sites excluding steroid dienone is 2. The number of rotatable bonds is 1. The summed E-state index contributed by atoms with van der Waals surface area (Å²) in [5.41, 5.74) is 0.352. The van der Waals surface area contributed by atoms with Crippen LogP contribution in [0.15, 0.2) is 12.2 Å². The molecular weight excluding hydrogens is 260 g/mol. The number of aliphatic hydroxyl groups excluding tert-OH is 1. The largest absolute Gasteiger partial charge is 0.396 e. The lowest BCUT2D eigenvalue weighted by Crippen LogP contribution is -2.49. The molecule has 0 bridgehead atoms. The SMILES string of the molecule is C[C@@H]1C=CC(=O)[C@@]2(C)CC[C@@H]3[C@H]4[C@H](CO)CC[C@@]4(C)C[C@@]132. The van der Waals surface area contributed by atoms with Crippen molar-refractivity contribution >= 4 is 5.78 Å². The van der Waals surface area contributed by atoms with Gasteiger partial charge in [-0.1, -0.05) is 26.8 Å². The van der Waals surface area contributed by atoms with Gasteiger partial charge in [-0.15, -0.1) is 0 Å². The Morgan fingerprint density at radius 1 is 1.29 bits per heavy atom. The van der Waals surface area contributed by atoms with Gasteiger partial charge < -0.3 is 5.11 Å². The van der Waals surface area contributed by atoms with Crippen molar-refractivity contribution in [3.63, 3.8) is 0 Å². The van der Waals surface area contributed by atoms with Crippen LogP contribution in [0.4, 0.5) is 0 Å². The summed E-state index contributed by atoms with van der Waals surface area (Å²) < 4.78 is 0. The van der Waals surface area contributed by atoms with Crippen LogP contribution >= 0.6 is 0 Å². The second kappa shape index (κ2) is 4.01. The van der Waals surface area contributed by atoms with Gasteiger partial charge in [-0.05, 0) is 72.7 Å². The van der Waals surface area contributed by atoms with Gasteiger partial charge in [0.25, 0.3) is 0 Å². The van der Waals surface area contributed by atoms with E-state index in [4.69, 9.17) is 0 Å². The highest BCUT2D eigenvalue weighted by molar-refractivity contribution is 5.96. The van der Waals surface area contributed by atoms with Gasteiger partial charge in [0.15, 0.2) is 5.78 Å². The Morgan fingerprint density at radius 3 is 2.76 bits per heavy atom. The normalized spacial score (nSPS) is 58.2. The highest BCUT2D eigenvalue weighted by Gasteiger charge is 2.73. The molecule has 0 radical (unpaired) electrons. The van der Waals surface area contributed by atoms with E-state index in [1.54, 1.807) is 0 Å². The number of hydrogen-bond acceptors (Lipinski definition) is 2. The monoisotopic (exact) mass is 288 g/mol. The minimum Gasteiger partial charge on any atom is -0.396 e. The van der Waals surface area contributed by atoms with Gasteiger partial charge in [-0.3, -0.25) is 4.79 Å². The Bertz CT molecular complexity index is 524. The van der Waals surface area contributed by atoms with Gasteiger partial charge in [-0.2, -0.15) is 0 Å². The molecule has 1 spiro atoms. The fourth-order valence-electron chi connectivity index (χ4n) is 7.43. The zero-order chi connectivity index (χ0) is 15.0. The molecule has 1 N–H and O–H groups in total. The molecule has 0 aromatic carbocycles. The van der Waals surface area contributed by atoms with E-state index >= 15 is 0 Å². The molecule has 0 aliphatic heterocycles. The Hall–Kier alpha value is -0.630. The molecule has 3 fully saturated rings. The molecule has 2 heteroatoms. The van der Waals surface area contributed by atoms with Crippen LogP contribution in [0.3, 0.4) is 0 Å². The maximum atomic E-state index is 12.7. The van der Waals surface area contributed by atoms with Gasteiger partial charge >= 0.3 is 0 Å². The molecule has 0 saturated heterocycles. The number of fused-ring (bicyclic) bond motifs is 2. The number of carbonyl (C=O) groups is 1. The van der Waals surface area contributed by atoms with Gasteiger partial charge in [0.05, 0.1) is 0 Å². The van der Waals surface area contributed by atoms with Crippen molar-refractivity contribution in [2.45, 2.75) is 52.9 Å². The lowest BCUT2D eigenvalue weighted by Gasteiger charge is -2.50. The summed E-state index contributed by atoms with van der Waals surface area (Å²) in [6, 6.07) is 0. The van der Waals surface area contributed by atoms with E-state index in [1.165, 1.54) is 25.7 Å². The van der Waals surface area contributed by atoms with Crippen molar-refractivity contribution in [2.75, 3.05) is 6.61 Å². The summed E-state index contributed by atoms with van der Waals surface area (Å²) in [6.07, 6.45) is 9.89. The Morgan fingerprint density at radius 2 is 2.05 bits per heavy atom. The molecule has 3 saturated carbocycles. The van der Waals surface area contributed by atoms with Crippen LogP contribution in [0.5, 0.6) is 0 Å².